The number of aromatic nitrogens is 3. The summed E-state index contributed by atoms with van der Waals surface area (Å²) in [6.07, 6.45) is 1.68. The molecule has 158 valence electrons. The fraction of sp³-hybridized carbons (Fsp3) is 0.350. The summed E-state index contributed by atoms with van der Waals surface area (Å²) in [5.41, 5.74) is 1.10. The van der Waals surface area contributed by atoms with Crippen molar-refractivity contribution in [2.45, 2.75) is 31.2 Å². The average Bonchev–Trinajstić information content (AvgIpc) is 3.17. The Morgan fingerprint density at radius 3 is 2.83 bits per heavy atom. The lowest BCUT2D eigenvalue weighted by molar-refractivity contribution is -0.141. The molecule has 0 spiro atoms. The molecule has 2 atom stereocenters. The van der Waals surface area contributed by atoms with Crippen molar-refractivity contribution in [1.82, 2.24) is 19.7 Å². The molecule has 0 saturated carbocycles. The van der Waals surface area contributed by atoms with Gasteiger partial charge in [0, 0.05) is 37.8 Å². The Morgan fingerprint density at radius 2 is 2.13 bits per heavy atom. The molecular weight excluding hydrogens is 401 g/mol. The van der Waals surface area contributed by atoms with E-state index in [9.17, 15) is 23.1 Å². The molecule has 0 unspecified atom stereocenters. The van der Waals surface area contributed by atoms with Crippen molar-refractivity contribution in [2.75, 3.05) is 13.2 Å². The fourth-order valence-electron chi connectivity index (χ4n) is 3.43. The highest BCUT2D eigenvalue weighted by Crippen LogP contribution is 2.27. The summed E-state index contributed by atoms with van der Waals surface area (Å²) in [5, 5.41) is 12.8. The van der Waals surface area contributed by atoms with E-state index in [2.05, 4.69) is 15.3 Å². The van der Waals surface area contributed by atoms with Crippen molar-refractivity contribution in [3.8, 4) is 0 Å². The van der Waals surface area contributed by atoms with Gasteiger partial charge in [-0.25, -0.2) is 4.98 Å². The number of halogens is 3. The molecule has 3 aromatic heterocycles. The van der Waals surface area contributed by atoms with Crippen LogP contribution in [0.2, 0.25) is 0 Å². The number of nitrogens with one attached hydrogen (secondary N) is 1. The highest BCUT2D eigenvalue weighted by atomic mass is 19.4. The van der Waals surface area contributed by atoms with Gasteiger partial charge in [0.2, 0.25) is 0 Å². The van der Waals surface area contributed by atoms with Crippen LogP contribution in [-0.2, 0) is 17.3 Å². The maximum atomic E-state index is 12.9. The standard InChI is InChI=1S/C20H19F3N4O3/c21-20(22,23)17-2-1-12(9-25-17)7-13-8-14(18-24-4-5-27(18)10-13)19(29)26-15-3-6-30-11-16(15)28/h1-2,4-5,8-10,15-16,28H,3,6-7,11H2,(H,26,29)/t15-,16-/m0/s1. The first-order chi connectivity index (χ1) is 14.3. The van der Waals surface area contributed by atoms with Gasteiger partial charge in [-0.2, -0.15) is 13.2 Å². The van der Waals surface area contributed by atoms with Gasteiger partial charge in [-0.3, -0.25) is 9.78 Å². The normalized spacial score (nSPS) is 19.7. The van der Waals surface area contributed by atoms with Crippen molar-refractivity contribution in [3.63, 3.8) is 0 Å². The smallest absolute Gasteiger partial charge is 0.389 e. The third-order valence-corrected chi connectivity index (χ3v) is 4.96. The quantitative estimate of drug-likeness (QED) is 0.676. The molecular formula is C20H19F3N4O3. The number of carbonyl (C=O) groups excluding carboxylic acids is 1. The zero-order valence-electron chi connectivity index (χ0n) is 15.8. The number of carbonyl (C=O) groups is 1. The summed E-state index contributed by atoms with van der Waals surface area (Å²) < 4.78 is 45.0. The summed E-state index contributed by atoms with van der Waals surface area (Å²) in [7, 11) is 0. The molecule has 1 saturated heterocycles. The molecule has 4 rings (SSSR count). The first kappa shape index (κ1) is 20.3. The molecule has 0 radical (unpaired) electrons. The van der Waals surface area contributed by atoms with Crippen LogP contribution < -0.4 is 5.32 Å². The Labute approximate surface area is 169 Å². The number of nitrogens with zero attached hydrogens (tertiary/aromatic N) is 3. The molecule has 0 aromatic carbocycles. The van der Waals surface area contributed by atoms with Crippen LogP contribution in [0.5, 0.6) is 0 Å². The van der Waals surface area contributed by atoms with E-state index in [1.54, 1.807) is 29.1 Å². The zero-order chi connectivity index (χ0) is 21.3. The molecule has 0 bridgehead atoms. The Hall–Kier alpha value is -2.98. The predicted octanol–water partition coefficient (Wildman–Crippen LogP) is 2.22. The number of aliphatic hydroxyl groups excluding tert-OH is 1. The number of hydrogen-bond acceptors (Lipinski definition) is 5. The summed E-state index contributed by atoms with van der Waals surface area (Å²) in [4.78, 5) is 20.6. The number of ether oxygens (including phenoxy) is 1. The van der Waals surface area contributed by atoms with Crippen molar-refractivity contribution in [2.24, 2.45) is 0 Å². The molecule has 1 aliphatic heterocycles. The topological polar surface area (TPSA) is 88.8 Å². The minimum absolute atomic E-state index is 0.157. The number of fused-ring (bicyclic) bond motifs is 1. The predicted molar refractivity (Wildman–Crippen MR) is 99.9 cm³/mol. The molecule has 2 N–H and O–H groups in total. The van der Waals surface area contributed by atoms with Gasteiger partial charge < -0.3 is 19.6 Å². The number of amides is 1. The molecule has 1 amide bonds. The van der Waals surface area contributed by atoms with Gasteiger partial charge in [-0.1, -0.05) is 6.07 Å². The fourth-order valence-corrected chi connectivity index (χ4v) is 3.43. The molecule has 3 aromatic rings. The van der Waals surface area contributed by atoms with Crippen LogP contribution in [0.4, 0.5) is 13.2 Å². The Balaban J connectivity index is 1.58. The van der Waals surface area contributed by atoms with E-state index >= 15 is 0 Å². The highest BCUT2D eigenvalue weighted by molar-refractivity contribution is 6.00. The van der Waals surface area contributed by atoms with Crippen LogP contribution >= 0.6 is 0 Å². The molecule has 1 fully saturated rings. The van der Waals surface area contributed by atoms with Crippen LogP contribution in [0.15, 0.2) is 43.0 Å². The van der Waals surface area contributed by atoms with E-state index in [1.807, 2.05) is 0 Å². The Morgan fingerprint density at radius 1 is 1.30 bits per heavy atom. The minimum Gasteiger partial charge on any atom is -0.389 e. The van der Waals surface area contributed by atoms with Gasteiger partial charge in [0.1, 0.15) is 11.3 Å². The van der Waals surface area contributed by atoms with Crippen LogP contribution in [-0.4, -0.2) is 50.7 Å². The van der Waals surface area contributed by atoms with Gasteiger partial charge in [0.15, 0.2) is 0 Å². The maximum Gasteiger partial charge on any atom is 0.433 e. The SMILES string of the molecule is O=C(N[C@H]1CCOC[C@@H]1O)c1cc(Cc2ccc(C(F)(F)F)nc2)cn2ccnc12. The molecule has 0 aliphatic carbocycles. The second-order valence-electron chi connectivity index (χ2n) is 7.16. The van der Waals surface area contributed by atoms with E-state index in [1.165, 1.54) is 12.3 Å². The highest BCUT2D eigenvalue weighted by Gasteiger charge is 2.32. The van der Waals surface area contributed by atoms with Crippen LogP contribution in [0, 0.1) is 0 Å². The van der Waals surface area contributed by atoms with Crippen molar-refractivity contribution >= 4 is 11.6 Å². The van der Waals surface area contributed by atoms with Crippen molar-refractivity contribution in [3.05, 3.63) is 65.4 Å². The Bertz CT molecular complexity index is 1050. The van der Waals surface area contributed by atoms with E-state index in [-0.39, 0.29) is 12.5 Å². The Kier molecular flexibility index (Phi) is 5.44. The summed E-state index contributed by atoms with van der Waals surface area (Å²) in [6.45, 7) is 0.604. The lowest BCUT2D eigenvalue weighted by Crippen LogP contribution is -2.48. The van der Waals surface area contributed by atoms with Gasteiger partial charge in [0.25, 0.3) is 5.91 Å². The maximum absolute atomic E-state index is 12.9. The van der Waals surface area contributed by atoms with Gasteiger partial charge in [0.05, 0.1) is 24.3 Å². The van der Waals surface area contributed by atoms with Gasteiger partial charge >= 0.3 is 6.18 Å². The van der Waals surface area contributed by atoms with E-state index in [4.69, 9.17) is 4.74 Å². The monoisotopic (exact) mass is 420 g/mol. The van der Waals surface area contributed by atoms with Gasteiger partial charge in [-0.15, -0.1) is 0 Å². The summed E-state index contributed by atoms with van der Waals surface area (Å²) in [6, 6.07) is 3.53. The number of imidazole rings is 1. The van der Waals surface area contributed by atoms with Crippen molar-refractivity contribution < 1.29 is 27.8 Å². The average molecular weight is 420 g/mol. The minimum atomic E-state index is -4.49. The summed E-state index contributed by atoms with van der Waals surface area (Å²) >= 11 is 0. The van der Waals surface area contributed by atoms with E-state index < -0.39 is 24.0 Å². The third kappa shape index (κ3) is 4.29. The lowest BCUT2D eigenvalue weighted by Gasteiger charge is -2.28. The molecule has 4 heterocycles. The zero-order valence-corrected chi connectivity index (χ0v) is 15.8. The third-order valence-electron chi connectivity index (χ3n) is 4.96. The van der Waals surface area contributed by atoms with Crippen LogP contribution in [0.3, 0.4) is 0 Å². The molecule has 7 nitrogen and oxygen atoms in total. The molecule has 10 heteroatoms. The number of alkyl halides is 3. The van der Waals surface area contributed by atoms with E-state index in [0.717, 1.165) is 6.07 Å². The first-order valence-electron chi connectivity index (χ1n) is 9.35. The van der Waals surface area contributed by atoms with Gasteiger partial charge in [-0.05, 0) is 29.7 Å². The van der Waals surface area contributed by atoms with Crippen molar-refractivity contribution in [1.29, 1.82) is 0 Å². The summed E-state index contributed by atoms with van der Waals surface area (Å²) in [5.74, 6) is -0.385. The second-order valence-corrected chi connectivity index (χ2v) is 7.16. The second kappa shape index (κ2) is 8.04. The largest absolute Gasteiger partial charge is 0.433 e. The number of hydrogen-bond donors (Lipinski definition) is 2. The number of rotatable bonds is 4. The molecule has 1 aliphatic rings. The van der Waals surface area contributed by atoms with E-state index in [0.29, 0.717) is 41.8 Å². The number of aliphatic hydroxyl groups is 1. The first-order valence-corrected chi connectivity index (χ1v) is 9.35. The number of pyridine rings is 2. The van der Waals surface area contributed by atoms with Crippen LogP contribution in [0.1, 0.15) is 33.6 Å². The lowest BCUT2D eigenvalue weighted by atomic mass is 10.0. The molecule has 30 heavy (non-hydrogen) atoms. The van der Waals surface area contributed by atoms with Crippen LogP contribution in [0.25, 0.3) is 5.65 Å².